The van der Waals surface area contributed by atoms with Gasteiger partial charge in [-0.15, -0.1) is 0 Å². The number of methoxy groups -OCH3 is 1. The van der Waals surface area contributed by atoms with Gasteiger partial charge in [-0.2, -0.15) is 0 Å². The summed E-state index contributed by atoms with van der Waals surface area (Å²) < 4.78 is 7.54. The highest BCUT2D eigenvalue weighted by molar-refractivity contribution is 6.31. The van der Waals surface area contributed by atoms with Crippen molar-refractivity contribution in [1.82, 2.24) is 14.5 Å². The number of nitrogens with one attached hydrogen (secondary N) is 1. The predicted octanol–water partition coefficient (Wildman–Crippen LogP) is 7.36. The van der Waals surface area contributed by atoms with E-state index < -0.39 is 12.0 Å². The Hall–Kier alpha value is -3.55. The molecular formula is C28H28Cl2N4O3. The lowest BCUT2D eigenvalue weighted by Crippen LogP contribution is -2.22. The van der Waals surface area contributed by atoms with Crippen molar-refractivity contribution in [2.45, 2.75) is 39.8 Å². The Morgan fingerprint density at radius 3 is 2.46 bits per heavy atom. The van der Waals surface area contributed by atoms with E-state index in [4.69, 9.17) is 27.9 Å². The maximum absolute atomic E-state index is 12.7. The second-order valence-electron chi connectivity index (χ2n) is 9.00. The summed E-state index contributed by atoms with van der Waals surface area (Å²) in [7, 11) is 1.58. The monoisotopic (exact) mass is 538 g/mol. The number of nitrogens with zero attached hydrogens (tertiary/aromatic N) is 3. The van der Waals surface area contributed by atoms with Crippen LogP contribution in [0.5, 0.6) is 5.75 Å². The second-order valence-corrected chi connectivity index (χ2v) is 9.88. The number of carbonyl (C=O) groups is 1. The summed E-state index contributed by atoms with van der Waals surface area (Å²) in [5, 5.41) is 14.9. The van der Waals surface area contributed by atoms with Gasteiger partial charge in [0.05, 0.1) is 40.8 Å². The average molecular weight is 539 g/mol. The predicted molar refractivity (Wildman–Crippen MR) is 147 cm³/mol. The van der Waals surface area contributed by atoms with E-state index in [0.717, 1.165) is 16.8 Å². The Morgan fingerprint density at radius 1 is 1.08 bits per heavy atom. The highest BCUT2D eigenvalue weighted by Gasteiger charge is 2.32. The minimum atomic E-state index is -1.13. The number of hydrogen-bond acceptors (Lipinski definition) is 5. The van der Waals surface area contributed by atoms with Crippen LogP contribution in [0.3, 0.4) is 0 Å². The molecule has 192 valence electrons. The fourth-order valence-electron chi connectivity index (χ4n) is 4.49. The quantitative estimate of drug-likeness (QED) is 0.243. The van der Waals surface area contributed by atoms with Gasteiger partial charge in [0.15, 0.2) is 5.69 Å². The Morgan fingerprint density at radius 2 is 1.81 bits per heavy atom. The number of pyridine rings is 1. The van der Waals surface area contributed by atoms with Crippen molar-refractivity contribution in [3.63, 3.8) is 0 Å². The molecule has 2 N–H and O–H groups in total. The van der Waals surface area contributed by atoms with Crippen molar-refractivity contribution >= 4 is 34.9 Å². The molecule has 0 radical (unpaired) electrons. The number of ether oxygens (including phenoxy) is 1. The zero-order chi connectivity index (χ0) is 26.9. The van der Waals surface area contributed by atoms with Crippen LogP contribution in [-0.4, -0.2) is 32.7 Å². The number of halogens is 2. The number of hydrogen-bond donors (Lipinski definition) is 2. The van der Waals surface area contributed by atoms with E-state index in [1.807, 2.05) is 68.7 Å². The maximum Gasteiger partial charge on any atom is 0.356 e. The van der Waals surface area contributed by atoms with Crippen LogP contribution in [0, 0.1) is 13.8 Å². The topological polar surface area (TPSA) is 89.3 Å². The van der Waals surface area contributed by atoms with E-state index in [2.05, 4.69) is 15.3 Å². The number of carboxylic acids is 1. The Labute approximate surface area is 226 Å². The lowest BCUT2D eigenvalue weighted by atomic mass is 9.96. The molecule has 0 bridgehead atoms. The molecule has 0 aliphatic carbocycles. The minimum absolute atomic E-state index is 0.0610. The molecule has 0 fully saturated rings. The first-order chi connectivity index (χ1) is 17.6. The summed E-state index contributed by atoms with van der Waals surface area (Å²) in [5.74, 6) is -0.0379. The van der Waals surface area contributed by atoms with Crippen LogP contribution in [0.25, 0.3) is 11.4 Å². The van der Waals surface area contributed by atoms with Gasteiger partial charge in [-0.25, -0.2) is 9.78 Å². The smallest absolute Gasteiger partial charge is 0.356 e. The number of aromatic carboxylic acids is 1. The molecule has 9 heteroatoms. The van der Waals surface area contributed by atoms with Crippen LogP contribution in [0.15, 0.2) is 54.7 Å². The van der Waals surface area contributed by atoms with Gasteiger partial charge in [0.25, 0.3) is 0 Å². The maximum atomic E-state index is 12.7. The standard InChI is InChI=1S/C28H28Cl2N4O3/c1-15(2)34-26(25(28(35)36)33-27(34)21-8-6-7-9-23(21)37-5)24(20-11-10-18(29)12-16(20)3)32-22-13-19(30)14-31-17(22)4/h6-15,24,32H,1-5H3,(H,35,36). The molecule has 0 saturated heterocycles. The largest absolute Gasteiger partial charge is 0.496 e. The van der Waals surface area contributed by atoms with Crippen LogP contribution in [0.1, 0.15) is 58.9 Å². The van der Waals surface area contributed by atoms with E-state index in [1.165, 1.54) is 0 Å². The Balaban J connectivity index is 2.06. The number of anilines is 1. The first kappa shape index (κ1) is 26.5. The molecule has 2 heterocycles. The van der Waals surface area contributed by atoms with Gasteiger partial charge in [-0.3, -0.25) is 4.98 Å². The van der Waals surface area contributed by atoms with Crippen LogP contribution in [0.2, 0.25) is 10.0 Å². The molecule has 1 unspecified atom stereocenters. The van der Waals surface area contributed by atoms with E-state index in [0.29, 0.717) is 38.6 Å². The summed E-state index contributed by atoms with van der Waals surface area (Å²) in [6, 6.07) is 14.0. The molecule has 2 aromatic heterocycles. The molecular weight excluding hydrogens is 511 g/mol. The van der Waals surface area contributed by atoms with Crippen LogP contribution in [0.4, 0.5) is 5.69 Å². The van der Waals surface area contributed by atoms with Crippen molar-refractivity contribution in [3.8, 4) is 17.1 Å². The molecule has 4 aromatic rings. The van der Waals surface area contributed by atoms with Gasteiger partial charge in [0.2, 0.25) is 0 Å². The van der Waals surface area contributed by atoms with Crippen molar-refractivity contribution in [2.75, 3.05) is 12.4 Å². The van der Waals surface area contributed by atoms with Crippen molar-refractivity contribution in [2.24, 2.45) is 0 Å². The van der Waals surface area contributed by atoms with E-state index in [9.17, 15) is 9.90 Å². The van der Waals surface area contributed by atoms with Crippen LogP contribution >= 0.6 is 23.2 Å². The van der Waals surface area contributed by atoms with E-state index in [1.54, 1.807) is 25.4 Å². The summed E-state index contributed by atoms with van der Waals surface area (Å²) in [6.07, 6.45) is 1.57. The highest BCUT2D eigenvalue weighted by Crippen LogP contribution is 2.39. The number of aromatic nitrogens is 3. The third kappa shape index (κ3) is 5.29. The number of carboxylic acid groups (broad SMARTS) is 1. The summed E-state index contributed by atoms with van der Waals surface area (Å²) in [4.78, 5) is 21.7. The molecule has 37 heavy (non-hydrogen) atoms. The van der Waals surface area contributed by atoms with Crippen LogP contribution in [-0.2, 0) is 0 Å². The van der Waals surface area contributed by atoms with Gasteiger partial charge in [-0.1, -0.05) is 41.4 Å². The molecule has 0 aliphatic heterocycles. The molecule has 0 saturated carbocycles. The lowest BCUT2D eigenvalue weighted by Gasteiger charge is -2.27. The number of benzene rings is 2. The van der Waals surface area contributed by atoms with Gasteiger partial charge in [0.1, 0.15) is 11.6 Å². The molecule has 0 aliphatic rings. The van der Waals surface area contributed by atoms with Crippen LogP contribution < -0.4 is 10.1 Å². The molecule has 4 rings (SSSR count). The fourth-order valence-corrected chi connectivity index (χ4v) is 4.87. The average Bonchev–Trinajstić information content (AvgIpc) is 3.26. The molecule has 0 amide bonds. The number of rotatable bonds is 8. The van der Waals surface area contributed by atoms with Gasteiger partial charge >= 0.3 is 5.97 Å². The third-order valence-corrected chi connectivity index (χ3v) is 6.63. The lowest BCUT2D eigenvalue weighted by molar-refractivity contribution is 0.0689. The Kier molecular flexibility index (Phi) is 7.76. The summed E-state index contributed by atoms with van der Waals surface area (Å²) in [6.45, 7) is 7.79. The third-order valence-electron chi connectivity index (χ3n) is 6.18. The molecule has 0 spiro atoms. The van der Waals surface area contributed by atoms with E-state index >= 15 is 0 Å². The van der Waals surface area contributed by atoms with E-state index in [-0.39, 0.29) is 11.7 Å². The molecule has 1 atom stereocenters. The number of para-hydroxylation sites is 1. The second kappa shape index (κ2) is 10.8. The SMILES string of the molecule is COc1ccccc1-c1nc(C(=O)O)c(C(Nc2cc(Cl)cnc2C)c2ccc(Cl)cc2C)n1C(C)C. The number of aryl methyl sites for hydroxylation is 2. The van der Waals surface area contributed by atoms with Crippen molar-refractivity contribution < 1.29 is 14.6 Å². The zero-order valence-electron chi connectivity index (χ0n) is 21.2. The van der Waals surface area contributed by atoms with Crippen molar-refractivity contribution in [3.05, 3.63) is 93.0 Å². The molecule has 2 aromatic carbocycles. The zero-order valence-corrected chi connectivity index (χ0v) is 22.7. The fraction of sp³-hybridized carbons (Fsp3) is 0.250. The first-order valence-corrected chi connectivity index (χ1v) is 12.5. The van der Waals surface area contributed by atoms with Gasteiger partial charge in [-0.05, 0) is 69.2 Å². The Bertz CT molecular complexity index is 1470. The first-order valence-electron chi connectivity index (χ1n) is 11.8. The summed E-state index contributed by atoms with van der Waals surface area (Å²) >= 11 is 12.6. The normalized spacial score (nSPS) is 12.0. The van der Waals surface area contributed by atoms with Crippen molar-refractivity contribution in [1.29, 1.82) is 0 Å². The van der Waals surface area contributed by atoms with Gasteiger partial charge in [0, 0.05) is 17.3 Å². The highest BCUT2D eigenvalue weighted by atomic mass is 35.5. The minimum Gasteiger partial charge on any atom is -0.496 e. The van der Waals surface area contributed by atoms with Gasteiger partial charge < -0.3 is 19.7 Å². The number of imidazole rings is 1. The summed E-state index contributed by atoms with van der Waals surface area (Å²) in [5.41, 5.74) is 4.27. The molecule has 7 nitrogen and oxygen atoms in total.